The Labute approximate surface area is 235 Å². The number of aliphatic hydroxyl groups is 1. The van der Waals surface area contributed by atoms with E-state index in [1.54, 1.807) is 6.92 Å². The Hall–Kier alpha value is -2.77. The first-order valence-corrected chi connectivity index (χ1v) is 15.8. The molecule has 0 unspecified atom stereocenters. The fraction of sp³-hybridized carbons (Fsp3) is 0.424. The Bertz CT molecular complexity index is 1080. The van der Waals surface area contributed by atoms with Crippen molar-refractivity contribution in [1.82, 2.24) is 0 Å². The molecular weight excluding hydrogens is 504 g/mol. The lowest BCUT2D eigenvalue weighted by molar-refractivity contribution is -0.154. The summed E-state index contributed by atoms with van der Waals surface area (Å²) in [6.07, 6.45) is -0.730. The van der Waals surface area contributed by atoms with Crippen LogP contribution in [0, 0.1) is 5.92 Å². The van der Waals surface area contributed by atoms with E-state index in [1.807, 2.05) is 73.7 Å². The second-order valence-corrected chi connectivity index (χ2v) is 15.5. The second kappa shape index (κ2) is 14.6. The fourth-order valence-corrected chi connectivity index (χ4v) is 9.61. The molecule has 0 fully saturated rings. The van der Waals surface area contributed by atoms with Gasteiger partial charge in [0.25, 0.3) is 8.32 Å². The molecule has 0 radical (unpaired) electrons. The molecule has 210 valence electrons. The highest BCUT2D eigenvalue weighted by atomic mass is 28.4. The molecule has 6 heteroatoms. The number of benzene rings is 3. The average molecular weight is 549 g/mol. The quantitative estimate of drug-likeness (QED) is 0.213. The Morgan fingerprint density at radius 1 is 0.846 bits per heavy atom. The zero-order valence-electron chi connectivity index (χ0n) is 24.0. The third-order valence-electron chi connectivity index (χ3n) is 7.11. The minimum Gasteiger partial charge on any atom is -0.462 e. The van der Waals surface area contributed by atoms with Gasteiger partial charge in [-0.1, -0.05) is 126 Å². The summed E-state index contributed by atoms with van der Waals surface area (Å²) in [5.74, 6) is -0.373. The number of rotatable bonds is 14. The molecule has 3 aromatic carbocycles. The largest absolute Gasteiger partial charge is 0.462 e. The molecular formula is C33H44O5Si. The molecule has 3 rings (SSSR count). The Kier molecular flexibility index (Phi) is 11.5. The van der Waals surface area contributed by atoms with E-state index in [9.17, 15) is 9.90 Å². The van der Waals surface area contributed by atoms with Crippen LogP contribution >= 0.6 is 0 Å². The van der Waals surface area contributed by atoms with Crippen LogP contribution in [0.15, 0.2) is 91.0 Å². The minimum atomic E-state index is -2.78. The number of hydrogen-bond acceptors (Lipinski definition) is 5. The van der Waals surface area contributed by atoms with Crippen molar-refractivity contribution in [2.75, 3.05) is 13.2 Å². The van der Waals surface area contributed by atoms with E-state index in [2.05, 4.69) is 45.0 Å². The molecule has 39 heavy (non-hydrogen) atoms. The molecule has 0 saturated heterocycles. The molecule has 1 N–H and O–H groups in total. The van der Waals surface area contributed by atoms with E-state index in [0.717, 1.165) is 15.9 Å². The van der Waals surface area contributed by atoms with Crippen LogP contribution in [0.3, 0.4) is 0 Å². The molecule has 0 aliphatic rings. The summed E-state index contributed by atoms with van der Waals surface area (Å²) in [5, 5.41) is 13.4. The molecule has 3 atom stereocenters. The van der Waals surface area contributed by atoms with Gasteiger partial charge >= 0.3 is 5.97 Å². The van der Waals surface area contributed by atoms with Gasteiger partial charge in [0.05, 0.1) is 25.9 Å². The van der Waals surface area contributed by atoms with Crippen molar-refractivity contribution in [2.24, 2.45) is 5.92 Å². The summed E-state index contributed by atoms with van der Waals surface area (Å²) in [4.78, 5) is 12.3. The van der Waals surface area contributed by atoms with Crippen LogP contribution in [0.2, 0.25) is 5.04 Å². The molecule has 0 heterocycles. The number of esters is 1. The van der Waals surface area contributed by atoms with Gasteiger partial charge in [-0.25, -0.2) is 0 Å². The first-order valence-electron chi connectivity index (χ1n) is 13.9. The maximum atomic E-state index is 12.3. The van der Waals surface area contributed by atoms with Crippen LogP contribution in [0.4, 0.5) is 0 Å². The third-order valence-corrected chi connectivity index (χ3v) is 12.1. The van der Waals surface area contributed by atoms with Gasteiger partial charge in [-0.2, -0.15) is 0 Å². The van der Waals surface area contributed by atoms with E-state index >= 15 is 0 Å². The highest BCUT2D eigenvalue weighted by Gasteiger charge is 2.50. The number of carbonyl (C=O) groups is 1. The molecule has 0 aliphatic heterocycles. The van der Waals surface area contributed by atoms with Gasteiger partial charge in [0.2, 0.25) is 0 Å². The van der Waals surface area contributed by atoms with E-state index in [0.29, 0.717) is 13.2 Å². The standard InChI is InChI=1S/C33H44O5Si/c1-6-32(35)38-31(26(2)23-36-24-27-16-10-7-11-17-27)22-28(34)25-37-39(33(3,4)5,29-18-12-8-13-19-29)30-20-14-9-15-21-30/h7-21,26,28,31,34H,6,22-25H2,1-5H3/t26-,28+,31+/m1/s1. The molecule has 0 aliphatic carbocycles. The summed E-state index contributed by atoms with van der Waals surface area (Å²) in [7, 11) is -2.78. The van der Waals surface area contributed by atoms with Crippen molar-refractivity contribution in [1.29, 1.82) is 0 Å². The summed E-state index contributed by atoms with van der Waals surface area (Å²) < 4.78 is 18.6. The summed E-state index contributed by atoms with van der Waals surface area (Å²) >= 11 is 0. The van der Waals surface area contributed by atoms with Gasteiger partial charge in [-0.3, -0.25) is 4.79 Å². The highest BCUT2D eigenvalue weighted by Crippen LogP contribution is 2.37. The van der Waals surface area contributed by atoms with Gasteiger partial charge in [-0.05, 0) is 21.0 Å². The van der Waals surface area contributed by atoms with E-state index in [4.69, 9.17) is 13.9 Å². The minimum absolute atomic E-state index is 0.0910. The topological polar surface area (TPSA) is 65.0 Å². The Morgan fingerprint density at radius 2 is 1.36 bits per heavy atom. The van der Waals surface area contributed by atoms with Crippen LogP contribution in [-0.4, -0.2) is 44.8 Å². The predicted octanol–water partition coefficient (Wildman–Crippen LogP) is 5.49. The fourth-order valence-electron chi connectivity index (χ4n) is 5.01. The first-order chi connectivity index (χ1) is 18.7. The lowest BCUT2D eigenvalue weighted by atomic mass is 9.99. The Morgan fingerprint density at radius 3 is 1.85 bits per heavy atom. The monoisotopic (exact) mass is 548 g/mol. The first kappa shape index (κ1) is 30.8. The smallest absolute Gasteiger partial charge is 0.305 e. The summed E-state index contributed by atoms with van der Waals surface area (Å²) in [6.45, 7) is 11.5. The van der Waals surface area contributed by atoms with Gasteiger partial charge < -0.3 is 19.0 Å². The maximum absolute atomic E-state index is 12.3. The number of hydrogen-bond donors (Lipinski definition) is 1. The molecule has 0 spiro atoms. The summed E-state index contributed by atoms with van der Waals surface area (Å²) in [5.41, 5.74) is 1.09. The van der Waals surface area contributed by atoms with Gasteiger partial charge in [0.1, 0.15) is 6.10 Å². The van der Waals surface area contributed by atoms with Crippen LogP contribution < -0.4 is 10.4 Å². The van der Waals surface area contributed by atoms with Crippen LogP contribution in [-0.2, 0) is 25.3 Å². The number of ether oxygens (including phenoxy) is 2. The zero-order valence-corrected chi connectivity index (χ0v) is 25.0. The lowest BCUT2D eigenvalue weighted by Crippen LogP contribution is -2.67. The van der Waals surface area contributed by atoms with Crippen molar-refractivity contribution >= 4 is 24.7 Å². The van der Waals surface area contributed by atoms with E-state index in [1.165, 1.54) is 0 Å². The van der Waals surface area contributed by atoms with Crippen molar-refractivity contribution in [3.8, 4) is 0 Å². The van der Waals surface area contributed by atoms with Gasteiger partial charge in [0.15, 0.2) is 0 Å². The van der Waals surface area contributed by atoms with Crippen molar-refractivity contribution < 1.29 is 23.8 Å². The van der Waals surface area contributed by atoms with Gasteiger partial charge in [0, 0.05) is 18.8 Å². The normalized spacial score (nSPS) is 14.4. The van der Waals surface area contributed by atoms with Crippen molar-refractivity contribution in [2.45, 2.75) is 71.3 Å². The highest BCUT2D eigenvalue weighted by molar-refractivity contribution is 6.99. The third kappa shape index (κ3) is 8.35. The number of carbonyl (C=O) groups excluding carboxylic acids is 1. The second-order valence-electron chi connectivity index (χ2n) is 11.2. The lowest BCUT2D eigenvalue weighted by Gasteiger charge is -2.43. The van der Waals surface area contributed by atoms with Crippen LogP contribution in [0.25, 0.3) is 0 Å². The van der Waals surface area contributed by atoms with Gasteiger partial charge in [-0.15, -0.1) is 0 Å². The van der Waals surface area contributed by atoms with E-state index < -0.39 is 20.5 Å². The maximum Gasteiger partial charge on any atom is 0.305 e. The van der Waals surface area contributed by atoms with Crippen molar-refractivity contribution in [3.05, 3.63) is 96.6 Å². The molecule has 3 aromatic rings. The Balaban J connectivity index is 1.75. The SMILES string of the molecule is CCC(=O)O[C@@H](C[C@H](O)CO[Si](c1ccccc1)(c1ccccc1)C(C)(C)C)[C@H](C)COCc1ccccc1. The summed E-state index contributed by atoms with van der Waals surface area (Å²) in [6, 6.07) is 30.7. The van der Waals surface area contributed by atoms with Crippen molar-refractivity contribution in [3.63, 3.8) is 0 Å². The predicted molar refractivity (Wildman–Crippen MR) is 160 cm³/mol. The molecule has 0 aromatic heterocycles. The van der Waals surface area contributed by atoms with Crippen LogP contribution in [0.1, 0.15) is 53.0 Å². The molecule has 0 bridgehead atoms. The molecule has 5 nitrogen and oxygen atoms in total. The zero-order chi connectivity index (χ0) is 28.3. The molecule has 0 amide bonds. The van der Waals surface area contributed by atoms with E-state index in [-0.39, 0.29) is 36.4 Å². The average Bonchev–Trinajstić information content (AvgIpc) is 2.94. The molecule has 0 saturated carbocycles. The van der Waals surface area contributed by atoms with Crippen LogP contribution in [0.5, 0.6) is 0 Å². The number of aliphatic hydroxyl groups excluding tert-OH is 1.